The Morgan fingerprint density at radius 1 is 0.647 bits per heavy atom. The van der Waals surface area contributed by atoms with Crippen molar-refractivity contribution in [1.82, 2.24) is 0 Å². The maximum absolute atomic E-state index is 6.14. The molecule has 0 fully saturated rings. The third-order valence-electron chi connectivity index (χ3n) is 6.63. The van der Waals surface area contributed by atoms with Gasteiger partial charge in [0.15, 0.2) is 11.5 Å². The van der Waals surface area contributed by atoms with Crippen LogP contribution < -0.4 is 0 Å². The molecule has 3 aromatic carbocycles. The van der Waals surface area contributed by atoms with E-state index in [1.54, 1.807) is 11.8 Å². The molecule has 4 heteroatoms. The molecule has 2 heterocycles. The van der Waals surface area contributed by atoms with E-state index < -0.39 is 10.0 Å². The molecule has 0 saturated heterocycles. The molecule has 5 rings (SSSR count). The summed E-state index contributed by atoms with van der Waals surface area (Å²) in [6, 6.07) is 17.0. The number of fused-ring (bicyclic) bond motifs is 7. The molecule has 0 saturated carbocycles. The van der Waals surface area contributed by atoms with E-state index in [9.17, 15) is 0 Å². The van der Waals surface area contributed by atoms with E-state index in [0.29, 0.717) is 5.76 Å². The summed E-state index contributed by atoms with van der Waals surface area (Å²) in [4.78, 5) is 0. The van der Waals surface area contributed by atoms with Crippen molar-refractivity contribution in [3.63, 3.8) is 0 Å². The van der Waals surface area contributed by atoms with Crippen LogP contribution >= 0.6 is 21.8 Å². The van der Waals surface area contributed by atoms with Crippen LogP contribution in [0.15, 0.2) is 57.4 Å². The SMILES string of the molecule is CCSC#Cc1cc2c(ccc3c2ccc2c4cc(C#CS(CC)(CC)CC)oc4ccc23)o1. The zero-order chi connectivity index (χ0) is 23.7. The average molecular weight is 485 g/mol. The number of benzene rings is 3. The van der Waals surface area contributed by atoms with Crippen molar-refractivity contribution in [2.75, 3.05) is 23.0 Å². The van der Waals surface area contributed by atoms with Crippen LogP contribution in [0.5, 0.6) is 0 Å². The second-order valence-electron chi connectivity index (χ2n) is 8.23. The minimum atomic E-state index is -0.885. The molecule has 0 bridgehead atoms. The molecule has 0 aliphatic carbocycles. The van der Waals surface area contributed by atoms with E-state index in [0.717, 1.165) is 50.7 Å². The van der Waals surface area contributed by atoms with Crippen LogP contribution in [0.4, 0.5) is 0 Å². The van der Waals surface area contributed by atoms with Crippen molar-refractivity contribution < 1.29 is 8.83 Å². The first-order valence-electron chi connectivity index (χ1n) is 11.8. The maximum atomic E-state index is 6.14. The molecule has 2 aromatic heterocycles. The topological polar surface area (TPSA) is 26.3 Å². The normalized spacial score (nSPS) is 12.1. The summed E-state index contributed by atoms with van der Waals surface area (Å²) in [6.45, 7) is 8.86. The van der Waals surface area contributed by atoms with Crippen molar-refractivity contribution in [3.8, 4) is 22.3 Å². The summed E-state index contributed by atoms with van der Waals surface area (Å²) in [6.07, 6.45) is 0. The fourth-order valence-corrected chi connectivity index (χ4v) is 6.82. The Morgan fingerprint density at radius 3 is 1.62 bits per heavy atom. The summed E-state index contributed by atoms with van der Waals surface area (Å²) < 4.78 is 12.1. The Hall–Kier alpha value is -2.92. The molecule has 172 valence electrons. The van der Waals surface area contributed by atoms with E-state index in [4.69, 9.17) is 8.83 Å². The van der Waals surface area contributed by atoms with E-state index >= 15 is 0 Å². The highest BCUT2D eigenvalue weighted by Crippen LogP contribution is 2.45. The fourth-order valence-electron chi connectivity index (χ4n) is 4.53. The lowest BCUT2D eigenvalue weighted by molar-refractivity contribution is 0.601. The van der Waals surface area contributed by atoms with Crippen LogP contribution in [0.2, 0.25) is 0 Å². The van der Waals surface area contributed by atoms with E-state index in [1.807, 2.05) is 6.07 Å². The van der Waals surface area contributed by atoms with Crippen molar-refractivity contribution in [3.05, 3.63) is 60.1 Å². The molecule has 0 radical (unpaired) electrons. The van der Waals surface area contributed by atoms with Gasteiger partial charge in [-0.2, -0.15) is 10.0 Å². The van der Waals surface area contributed by atoms with E-state index in [-0.39, 0.29) is 0 Å². The van der Waals surface area contributed by atoms with Crippen LogP contribution in [-0.4, -0.2) is 23.0 Å². The molecule has 0 aliphatic rings. The lowest BCUT2D eigenvalue weighted by atomic mass is 9.98. The average Bonchev–Trinajstić information content (AvgIpc) is 3.49. The Morgan fingerprint density at radius 2 is 1.12 bits per heavy atom. The zero-order valence-electron chi connectivity index (χ0n) is 20.1. The second-order valence-corrected chi connectivity index (χ2v) is 13.3. The molecule has 0 atom stereocenters. The van der Waals surface area contributed by atoms with Gasteiger partial charge in [0.05, 0.1) is 0 Å². The van der Waals surface area contributed by atoms with Gasteiger partial charge in [-0.05, 0) is 73.3 Å². The number of hydrogen-bond donors (Lipinski definition) is 0. The first kappa shape index (κ1) is 22.9. The molecule has 0 unspecified atom stereocenters. The lowest BCUT2D eigenvalue weighted by Gasteiger charge is -2.30. The Balaban J connectivity index is 1.64. The number of hydrogen-bond acceptors (Lipinski definition) is 3. The molecular formula is C30H28O2S2. The summed E-state index contributed by atoms with van der Waals surface area (Å²) >= 11 is 1.59. The molecule has 0 amide bonds. The van der Waals surface area contributed by atoms with E-state index in [2.05, 4.69) is 92.5 Å². The first-order valence-corrected chi connectivity index (χ1v) is 15.0. The van der Waals surface area contributed by atoms with Crippen LogP contribution in [-0.2, 0) is 0 Å². The molecule has 0 spiro atoms. The largest absolute Gasteiger partial charge is 0.448 e. The fraction of sp³-hybridized carbons (Fsp3) is 0.267. The highest BCUT2D eigenvalue weighted by atomic mass is 32.3. The minimum absolute atomic E-state index is 0.710. The standard InChI is InChI=1S/C30H28O2S2/c1-5-33-17-15-21-19-27-25-9-10-26-24(23(25)11-13-29(27)31-21)12-14-30-28(26)20-22(32-30)16-18-34(6-2,7-3)8-4/h9-14,19-20H,5-8H2,1-4H3. The summed E-state index contributed by atoms with van der Waals surface area (Å²) in [5.74, 6) is 12.3. The predicted octanol–water partition coefficient (Wildman–Crippen LogP) is 8.72. The smallest absolute Gasteiger partial charge is 0.179 e. The van der Waals surface area contributed by atoms with E-state index in [1.165, 1.54) is 21.5 Å². The van der Waals surface area contributed by atoms with Crippen LogP contribution in [0, 0.1) is 22.3 Å². The van der Waals surface area contributed by atoms with Crippen molar-refractivity contribution in [2.45, 2.75) is 27.7 Å². The van der Waals surface area contributed by atoms with Gasteiger partial charge in [0, 0.05) is 28.7 Å². The summed E-state index contributed by atoms with van der Waals surface area (Å²) in [7, 11) is -0.885. The van der Waals surface area contributed by atoms with Crippen LogP contribution in [0.3, 0.4) is 0 Å². The van der Waals surface area contributed by atoms with Gasteiger partial charge in [0.25, 0.3) is 0 Å². The molecule has 34 heavy (non-hydrogen) atoms. The monoisotopic (exact) mass is 484 g/mol. The van der Waals surface area contributed by atoms with Gasteiger partial charge in [-0.3, -0.25) is 0 Å². The molecule has 2 nitrogen and oxygen atoms in total. The van der Waals surface area contributed by atoms with Crippen LogP contribution in [0.1, 0.15) is 39.2 Å². The highest BCUT2D eigenvalue weighted by Gasteiger charge is 2.15. The number of thioether (sulfide) groups is 1. The third kappa shape index (κ3) is 3.96. The molecule has 0 N–H and O–H groups in total. The molecule has 0 aliphatic heterocycles. The lowest BCUT2D eigenvalue weighted by Crippen LogP contribution is -2.05. The Bertz CT molecular complexity index is 1630. The minimum Gasteiger partial charge on any atom is -0.448 e. The Kier molecular flexibility index (Phi) is 6.30. The van der Waals surface area contributed by atoms with Gasteiger partial charge in [0.2, 0.25) is 0 Å². The first-order chi connectivity index (χ1) is 16.6. The maximum Gasteiger partial charge on any atom is 0.179 e. The van der Waals surface area contributed by atoms with Crippen molar-refractivity contribution in [2.24, 2.45) is 0 Å². The van der Waals surface area contributed by atoms with Gasteiger partial charge < -0.3 is 8.83 Å². The quantitative estimate of drug-likeness (QED) is 0.188. The van der Waals surface area contributed by atoms with Gasteiger partial charge in [0.1, 0.15) is 11.2 Å². The van der Waals surface area contributed by atoms with Crippen molar-refractivity contribution >= 4 is 65.3 Å². The summed E-state index contributed by atoms with van der Waals surface area (Å²) in [5, 5.41) is 13.7. The predicted molar refractivity (Wildman–Crippen MR) is 152 cm³/mol. The van der Waals surface area contributed by atoms with Gasteiger partial charge in [-0.1, -0.05) is 63.7 Å². The summed E-state index contributed by atoms with van der Waals surface area (Å²) in [5.41, 5.74) is 1.75. The molecule has 5 aromatic rings. The highest BCUT2D eigenvalue weighted by molar-refractivity contribution is 8.37. The Labute approximate surface area is 206 Å². The van der Waals surface area contributed by atoms with Crippen molar-refractivity contribution in [1.29, 1.82) is 0 Å². The van der Waals surface area contributed by atoms with Gasteiger partial charge in [-0.15, -0.1) is 0 Å². The second kappa shape index (κ2) is 9.38. The number of furan rings is 2. The molecular weight excluding hydrogens is 456 g/mol. The number of rotatable bonds is 4. The zero-order valence-corrected chi connectivity index (χ0v) is 21.7. The third-order valence-corrected chi connectivity index (χ3v) is 11.0. The van der Waals surface area contributed by atoms with Gasteiger partial charge >= 0.3 is 0 Å². The van der Waals surface area contributed by atoms with Crippen LogP contribution in [0.25, 0.3) is 43.5 Å². The van der Waals surface area contributed by atoms with Gasteiger partial charge in [-0.25, -0.2) is 0 Å².